The molecule has 1 rings (SSSR count). The average molecular weight is 182 g/mol. The van der Waals surface area contributed by atoms with Crippen LogP contribution in [0.25, 0.3) is 0 Å². The molecule has 0 aliphatic carbocycles. The number of aryl methyl sites for hydroxylation is 2. The molecule has 1 nitrogen and oxygen atoms in total. The summed E-state index contributed by atoms with van der Waals surface area (Å²) in [5, 5.41) is 0. The minimum Gasteiger partial charge on any atom is -0.412 e. The summed E-state index contributed by atoms with van der Waals surface area (Å²) in [5.74, 6) is 0.833. The first-order valence-corrected chi connectivity index (χ1v) is 4.56. The smallest absolute Gasteiger partial charge is 0.0395 e. The Balaban J connectivity index is 0. The van der Waals surface area contributed by atoms with Crippen molar-refractivity contribution in [2.24, 2.45) is 5.92 Å². The molecule has 1 aromatic rings. The van der Waals surface area contributed by atoms with E-state index in [1.807, 2.05) is 0 Å². The molecule has 76 valence electrons. The summed E-state index contributed by atoms with van der Waals surface area (Å²) < 4.78 is 0. The van der Waals surface area contributed by atoms with E-state index in [-0.39, 0.29) is 5.48 Å². The van der Waals surface area contributed by atoms with Gasteiger partial charge in [-0.15, -0.1) is 0 Å². The Kier molecular flexibility index (Phi) is 8.83. The highest BCUT2D eigenvalue weighted by Gasteiger charge is 1.83. The van der Waals surface area contributed by atoms with Gasteiger partial charge in [0.1, 0.15) is 0 Å². The Morgan fingerprint density at radius 2 is 1.08 bits per heavy atom. The Hall–Kier alpha value is -0.820. The van der Waals surface area contributed by atoms with E-state index < -0.39 is 0 Å². The predicted molar refractivity (Wildman–Crippen MR) is 60.0 cm³/mol. The van der Waals surface area contributed by atoms with Crippen LogP contribution in [-0.2, 0) is 0 Å². The molecule has 0 amide bonds. The second kappa shape index (κ2) is 7.81. The van der Waals surface area contributed by atoms with Crippen LogP contribution in [-0.4, -0.2) is 5.48 Å². The summed E-state index contributed by atoms with van der Waals surface area (Å²) in [6, 6.07) is 8.36. The van der Waals surface area contributed by atoms with Crippen molar-refractivity contribution in [1.82, 2.24) is 0 Å². The van der Waals surface area contributed by atoms with E-state index in [1.165, 1.54) is 11.1 Å². The Morgan fingerprint density at radius 1 is 0.846 bits per heavy atom. The molecule has 13 heavy (non-hydrogen) atoms. The minimum absolute atomic E-state index is 0. The largest absolute Gasteiger partial charge is 0.412 e. The maximum absolute atomic E-state index is 2.17. The molecule has 0 saturated carbocycles. The lowest BCUT2D eigenvalue weighted by atomic mass is 10.1. The molecule has 0 unspecified atom stereocenters. The standard InChI is InChI=1S/C8H10.C4H10.H2O/c1-7-5-3-4-6-8(7)2;1-4(2)3;/h3-6H,1-2H3;4H,1-3H3;1H2. The van der Waals surface area contributed by atoms with E-state index in [2.05, 4.69) is 58.9 Å². The molecule has 0 fully saturated rings. The lowest BCUT2D eigenvalue weighted by Crippen LogP contribution is -1.74. The van der Waals surface area contributed by atoms with Gasteiger partial charge in [0.15, 0.2) is 0 Å². The first-order valence-electron chi connectivity index (χ1n) is 4.56. The fourth-order valence-electron chi connectivity index (χ4n) is 0.663. The highest BCUT2D eigenvalue weighted by Crippen LogP contribution is 2.02. The van der Waals surface area contributed by atoms with Gasteiger partial charge in [-0.2, -0.15) is 0 Å². The first kappa shape index (κ1) is 14.7. The van der Waals surface area contributed by atoms with E-state index in [1.54, 1.807) is 0 Å². The Bertz CT molecular complexity index is 192. The molecule has 1 heteroatoms. The van der Waals surface area contributed by atoms with Crippen molar-refractivity contribution in [2.45, 2.75) is 34.6 Å². The molecule has 0 radical (unpaired) electrons. The fourth-order valence-corrected chi connectivity index (χ4v) is 0.663. The van der Waals surface area contributed by atoms with Gasteiger partial charge in [-0.3, -0.25) is 0 Å². The third kappa shape index (κ3) is 9.09. The molecule has 1 aromatic carbocycles. The number of hydrogen-bond acceptors (Lipinski definition) is 0. The topological polar surface area (TPSA) is 31.5 Å². The SMILES string of the molecule is CC(C)C.Cc1ccccc1C.O. The van der Waals surface area contributed by atoms with Gasteiger partial charge in [0.25, 0.3) is 0 Å². The molecule has 0 bridgehead atoms. The highest BCUT2D eigenvalue weighted by atomic mass is 16.0. The normalized spacial score (nSPS) is 8.46. The average Bonchev–Trinajstić information content (AvgIpc) is 1.94. The van der Waals surface area contributed by atoms with Gasteiger partial charge in [-0.1, -0.05) is 45.0 Å². The third-order valence-electron chi connectivity index (χ3n) is 1.43. The van der Waals surface area contributed by atoms with Gasteiger partial charge >= 0.3 is 0 Å². The minimum atomic E-state index is 0. The van der Waals surface area contributed by atoms with Crippen molar-refractivity contribution < 1.29 is 5.48 Å². The monoisotopic (exact) mass is 182 g/mol. The van der Waals surface area contributed by atoms with Crippen molar-refractivity contribution in [1.29, 1.82) is 0 Å². The fraction of sp³-hybridized carbons (Fsp3) is 0.500. The van der Waals surface area contributed by atoms with Crippen LogP contribution in [0.1, 0.15) is 31.9 Å². The van der Waals surface area contributed by atoms with Gasteiger partial charge in [0, 0.05) is 0 Å². The molecule has 0 spiro atoms. The van der Waals surface area contributed by atoms with Crippen LogP contribution in [0.15, 0.2) is 24.3 Å². The first-order chi connectivity index (χ1) is 5.54. The molecule has 0 aliphatic heterocycles. The zero-order valence-electron chi connectivity index (χ0n) is 9.39. The summed E-state index contributed by atoms with van der Waals surface area (Å²) in [6.45, 7) is 10.7. The summed E-state index contributed by atoms with van der Waals surface area (Å²) >= 11 is 0. The van der Waals surface area contributed by atoms with Gasteiger partial charge in [0.05, 0.1) is 0 Å². The molecular weight excluding hydrogens is 160 g/mol. The maximum atomic E-state index is 2.17. The van der Waals surface area contributed by atoms with Crippen molar-refractivity contribution >= 4 is 0 Å². The Labute approximate surface area is 82.1 Å². The summed E-state index contributed by atoms with van der Waals surface area (Å²) in [4.78, 5) is 0. The second-order valence-corrected chi connectivity index (χ2v) is 3.82. The highest BCUT2D eigenvalue weighted by molar-refractivity contribution is 5.23. The molecule has 2 N–H and O–H groups in total. The molecular formula is C12H22O. The van der Waals surface area contributed by atoms with Crippen LogP contribution in [0.2, 0.25) is 0 Å². The van der Waals surface area contributed by atoms with Crippen LogP contribution < -0.4 is 0 Å². The molecule has 0 aromatic heterocycles. The number of hydrogen-bond donors (Lipinski definition) is 0. The summed E-state index contributed by atoms with van der Waals surface area (Å²) in [5.41, 5.74) is 2.74. The number of benzene rings is 1. The van der Waals surface area contributed by atoms with E-state index in [0.29, 0.717) is 0 Å². The van der Waals surface area contributed by atoms with Gasteiger partial charge in [-0.25, -0.2) is 0 Å². The van der Waals surface area contributed by atoms with Crippen LogP contribution in [0.5, 0.6) is 0 Å². The van der Waals surface area contributed by atoms with Crippen molar-refractivity contribution in [3.8, 4) is 0 Å². The zero-order valence-corrected chi connectivity index (χ0v) is 9.39. The number of rotatable bonds is 0. The quantitative estimate of drug-likeness (QED) is 0.590. The summed E-state index contributed by atoms with van der Waals surface area (Å²) in [6.07, 6.45) is 0. The second-order valence-electron chi connectivity index (χ2n) is 3.82. The van der Waals surface area contributed by atoms with Gasteiger partial charge < -0.3 is 5.48 Å². The van der Waals surface area contributed by atoms with Crippen LogP contribution in [0, 0.1) is 19.8 Å². The molecule has 0 aliphatic rings. The van der Waals surface area contributed by atoms with E-state index in [0.717, 1.165) is 5.92 Å². The van der Waals surface area contributed by atoms with Crippen molar-refractivity contribution in [2.75, 3.05) is 0 Å². The molecule has 0 saturated heterocycles. The lowest BCUT2D eigenvalue weighted by molar-refractivity contribution is 0.737. The lowest BCUT2D eigenvalue weighted by Gasteiger charge is -1.93. The summed E-state index contributed by atoms with van der Waals surface area (Å²) in [7, 11) is 0. The van der Waals surface area contributed by atoms with Gasteiger partial charge in [0.2, 0.25) is 0 Å². The van der Waals surface area contributed by atoms with Crippen LogP contribution in [0.4, 0.5) is 0 Å². The van der Waals surface area contributed by atoms with Gasteiger partial charge in [-0.05, 0) is 30.9 Å². The van der Waals surface area contributed by atoms with E-state index >= 15 is 0 Å². The zero-order chi connectivity index (χ0) is 9.56. The Morgan fingerprint density at radius 3 is 1.23 bits per heavy atom. The van der Waals surface area contributed by atoms with Crippen molar-refractivity contribution in [3.05, 3.63) is 35.4 Å². The van der Waals surface area contributed by atoms with Crippen LogP contribution >= 0.6 is 0 Å². The van der Waals surface area contributed by atoms with Crippen molar-refractivity contribution in [3.63, 3.8) is 0 Å². The molecule has 0 atom stereocenters. The molecule has 0 heterocycles. The maximum Gasteiger partial charge on any atom is -0.0395 e. The van der Waals surface area contributed by atoms with Crippen LogP contribution in [0.3, 0.4) is 0 Å². The van der Waals surface area contributed by atoms with E-state index in [4.69, 9.17) is 0 Å². The predicted octanol–water partition coefficient (Wildman–Crippen LogP) is 3.14. The third-order valence-corrected chi connectivity index (χ3v) is 1.43. The van der Waals surface area contributed by atoms with E-state index in [9.17, 15) is 0 Å².